The molecule has 164 valence electrons. The summed E-state index contributed by atoms with van der Waals surface area (Å²) in [6.07, 6.45) is 0.971. The number of nitrogens with one attached hydrogen (secondary N) is 1. The number of rotatable bonds is 6. The maximum Gasteiger partial charge on any atom is 0.263 e. The van der Waals surface area contributed by atoms with Gasteiger partial charge in [-0.2, -0.15) is 8.61 Å². The van der Waals surface area contributed by atoms with Gasteiger partial charge in [0.05, 0.1) is 12.9 Å². The number of hydrogen-bond acceptors (Lipinski definition) is 8. The summed E-state index contributed by atoms with van der Waals surface area (Å²) in [6.45, 7) is -0.830. The van der Waals surface area contributed by atoms with Crippen molar-refractivity contribution in [2.45, 2.75) is 16.9 Å². The molecule has 0 radical (unpaired) electrons. The lowest BCUT2D eigenvalue weighted by Gasteiger charge is -2.37. The van der Waals surface area contributed by atoms with Crippen LogP contribution in [-0.2, 0) is 31.4 Å². The number of aliphatic hydroxyl groups is 1. The van der Waals surface area contributed by atoms with Crippen molar-refractivity contribution in [3.8, 4) is 10.4 Å². The topological polar surface area (TPSA) is 144 Å². The first-order chi connectivity index (χ1) is 14.1. The number of thiophene rings is 1. The fourth-order valence-corrected chi connectivity index (χ4v) is 6.96. The smallest absolute Gasteiger partial charge is 0.263 e. The fraction of sp³-hybridized carbons (Fsp3) is 0.353. The van der Waals surface area contributed by atoms with Gasteiger partial charge in [-0.25, -0.2) is 22.3 Å². The molecule has 1 aliphatic rings. The van der Waals surface area contributed by atoms with E-state index in [1.54, 1.807) is 30.3 Å². The van der Waals surface area contributed by atoms with Gasteiger partial charge in [0, 0.05) is 24.5 Å². The van der Waals surface area contributed by atoms with Crippen molar-refractivity contribution in [3.05, 3.63) is 42.0 Å². The summed E-state index contributed by atoms with van der Waals surface area (Å²) in [5, 5.41) is 18.2. The van der Waals surface area contributed by atoms with Gasteiger partial charge in [-0.3, -0.25) is 10.0 Å². The summed E-state index contributed by atoms with van der Waals surface area (Å²) in [6, 6.07) is 8.65. The number of benzene rings is 1. The lowest BCUT2D eigenvalue weighted by atomic mass is 10.1. The molecule has 1 atom stereocenters. The van der Waals surface area contributed by atoms with Crippen LogP contribution in [0.3, 0.4) is 0 Å². The lowest BCUT2D eigenvalue weighted by Crippen LogP contribution is -2.60. The normalized spacial score (nSPS) is 19.0. The Morgan fingerprint density at radius 2 is 1.80 bits per heavy atom. The number of nitrogens with zero attached hydrogens (tertiary/aromatic N) is 2. The third-order valence-electron chi connectivity index (χ3n) is 4.74. The van der Waals surface area contributed by atoms with Crippen molar-refractivity contribution in [2.24, 2.45) is 0 Å². The molecule has 0 spiro atoms. The Morgan fingerprint density at radius 3 is 2.37 bits per heavy atom. The van der Waals surface area contributed by atoms with Crippen LogP contribution in [0.15, 0.2) is 40.6 Å². The maximum absolute atomic E-state index is 13.2. The van der Waals surface area contributed by atoms with Crippen LogP contribution in [0.1, 0.15) is 5.56 Å². The highest BCUT2D eigenvalue weighted by Gasteiger charge is 2.42. The van der Waals surface area contributed by atoms with Crippen molar-refractivity contribution in [2.75, 3.05) is 25.9 Å². The van der Waals surface area contributed by atoms with Crippen LogP contribution in [-0.4, -0.2) is 73.6 Å². The number of sulfonamides is 2. The largest absolute Gasteiger partial charge is 0.392 e. The van der Waals surface area contributed by atoms with E-state index in [0.29, 0.717) is 4.88 Å². The van der Waals surface area contributed by atoms with E-state index in [4.69, 9.17) is 10.3 Å². The minimum atomic E-state index is -4.12. The van der Waals surface area contributed by atoms with Gasteiger partial charge < -0.3 is 5.11 Å². The summed E-state index contributed by atoms with van der Waals surface area (Å²) < 4.78 is 51.9. The van der Waals surface area contributed by atoms with E-state index in [2.05, 4.69) is 0 Å². The molecular weight excluding hydrogens is 454 g/mol. The number of amides is 1. The predicted molar refractivity (Wildman–Crippen MR) is 110 cm³/mol. The molecule has 2 heterocycles. The van der Waals surface area contributed by atoms with Crippen LogP contribution in [0.25, 0.3) is 10.4 Å². The second-order valence-corrected chi connectivity index (χ2v) is 11.9. The molecule has 1 fully saturated rings. The molecule has 1 aromatic carbocycles. The summed E-state index contributed by atoms with van der Waals surface area (Å²) >= 11 is 1.01. The Labute approximate surface area is 178 Å². The number of carbonyl (C=O) groups is 1. The molecule has 30 heavy (non-hydrogen) atoms. The average molecular weight is 476 g/mol. The van der Waals surface area contributed by atoms with Crippen molar-refractivity contribution >= 4 is 37.3 Å². The molecule has 0 saturated carbocycles. The molecule has 0 bridgehead atoms. The summed E-state index contributed by atoms with van der Waals surface area (Å²) in [4.78, 5) is 12.8. The monoisotopic (exact) mass is 475 g/mol. The molecule has 1 saturated heterocycles. The van der Waals surface area contributed by atoms with Gasteiger partial charge in [-0.05, 0) is 23.3 Å². The number of hydroxylamine groups is 1. The van der Waals surface area contributed by atoms with E-state index in [1.807, 2.05) is 0 Å². The summed E-state index contributed by atoms with van der Waals surface area (Å²) in [5.41, 5.74) is 2.91. The van der Waals surface area contributed by atoms with Crippen LogP contribution >= 0.6 is 11.3 Å². The van der Waals surface area contributed by atoms with Crippen molar-refractivity contribution in [1.29, 1.82) is 0 Å². The van der Waals surface area contributed by atoms with E-state index < -0.39 is 38.5 Å². The fourth-order valence-electron chi connectivity index (χ4n) is 3.12. The standard InChI is InChI=1S/C17H21N3O7S3/c1-29(24,25)19-8-9-20(14(10-19)17(22)18-23)30(26,27)16-7-6-15(28-16)13-4-2-12(11-21)3-5-13/h2-7,14,21,23H,8-11H2,1H3,(H,18,22). The predicted octanol–water partition coefficient (Wildman–Crippen LogP) is 0.0473. The van der Waals surface area contributed by atoms with Gasteiger partial charge in [0.1, 0.15) is 10.3 Å². The SMILES string of the molecule is CS(=O)(=O)N1CCN(S(=O)(=O)c2ccc(-c3ccc(CO)cc3)s2)C(C(=O)NO)C1. The minimum Gasteiger partial charge on any atom is -0.392 e. The molecule has 3 N–H and O–H groups in total. The highest BCUT2D eigenvalue weighted by molar-refractivity contribution is 7.91. The maximum atomic E-state index is 13.2. The zero-order chi connectivity index (χ0) is 22.1. The van der Waals surface area contributed by atoms with Crippen molar-refractivity contribution < 1.29 is 31.9 Å². The molecular formula is C17H21N3O7S3. The molecule has 10 nitrogen and oxygen atoms in total. The van der Waals surface area contributed by atoms with E-state index in [9.17, 15) is 21.6 Å². The van der Waals surface area contributed by atoms with Crippen LogP contribution in [0.4, 0.5) is 0 Å². The first-order valence-corrected chi connectivity index (χ1v) is 12.9. The Bertz CT molecular complexity index is 1130. The quantitative estimate of drug-likeness (QED) is 0.395. The highest BCUT2D eigenvalue weighted by Crippen LogP contribution is 2.33. The number of piperazine rings is 1. The number of hydrogen-bond donors (Lipinski definition) is 3. The van der Waals surface area contributed by atoms with Crippen molar-refractivity contribution in [1.82, 2.24) is 14.1 Å². The van der Waals surface area contributed by atoms with Crippen LogP contribution in [0.5, 0.6) is 0 Å². The summed E-state index contributed by atoms with van der Waals surface area (Å²) in [5.74, 6) is -1.01. The third kappa shape index (κ3) is 4.56. The Hall–Kier alpha value is -1.87. The second kappa shape index (κ2) is 8.70. The van der Waals surface area contributed by atoms with Crippen LogP contribution in [0.2, 0.25) is 0 Å². The zero-order valence-corrected chi connectivity index (χ0v) is 18.4. The molecule has 0 aliphatic carbocycles. The molecule has 1 amide bonds. The molecule has 3 rings (SSSR count). The van der Waals surface area contributed by atoms with E-state index in [-0.39, 0.29) is 23.9 Å². The van der Waals surface area contributed by atoms with Crippen molar-refractivity contribution in [3.63, 3.8) is 0 Å². The van der Waals surface area contributed by atoms with Gasteiger partial charge in [0.2, 0.25) is 10.0 Å². The van der Waals surface area contributed by atoms with E-state index >= 15 is 0 Å². The van der Waals surface area contributed by atoms with Crippen LogP contribution in [0, 0.1) is 0 Å². The molecule has 1 aromatic heterocycles. The molecule has 2 aromatic rings. The van der Waals surface area contributed by atoms with E-state index in [1.165, 1.54) is 11.5 Å². The lowest BCUT2D eigenvalue weighted by molar-refractivity contribution is -0.134. The number of aliphatic hydroxyl groups excluding tert-OH is 1. The highest BCUT2D eigenvalue weighted by atomic mass is 32.2. The molecule has 1 unspecified atom stereocenters. The Kier molecular flexibility index (Phi) is 6.62. The second-order valence-electron chi connectivity index (χ2n) is 6.70. The molecule has 13 heteroatoms. The zero-order valence-electron chi connectivity index (χ0n) is 15.9. The minimum absolute atomic E-state index is 0.00715. The van der Waals surface area contributed by atoms with Gasteiger partial charge in [-0.1, -0.05) is 24.3 Å². The Morgan fingerprint density at radius 1 is 1.13 bits per heavy atom. The molecule has 1 aliphatic heterocycles. The van der Waals surface area contributed by atoms with Gasteiger partial charge in [0.25, 0.3) is 15.9 Å². The summed E-state index contributed by atoms with van der Waals surface area (Å²) in [7, 11) is -7.75. The van der Waals surface area contributed by atoms with Gasteiger partial charge in [0.15, 0.2) is 0 Å². The van der Waals surface area contributed by atoms with Gasteiger partial charge >= 0.3 is 0 Å². The first kappa shape index (κ1) is 22.8. The Balaban J connectivity index is 1.91. The first-order valence-electron chi connectivity index (χ1n) is 8.79. The van der Waals surface area contributed by atoms with Gasteiger partial charge in [-0.15, -0.1) is 11.3 Å². The average Bonchev–Trinajstić information content (AvgIpc) is 3.23. The number of carbonyl (C=O) groups excluding carboxylic acids is 1. The van der Waals surface area contributed by atoms with Crippen LogP contribution < -0.4 is 5.48 Å². The third-order valence-corrected chi connectivity index (χ3v) is 9.52. The van der Waals surface area contributed by atoms with E-state index in [0.717, 1.165) is 37.3 Å².